The summed E-state index contributed by atoms with van der Waals surface area (Å²) in [6, 6.07) is 5.26. The third-order valence-corrected chi connectivity index (χ3v) is 4.29. The van der Waals surface area contributed by atoms with Gasteiger partial charge in [0, 0.05) is 31.0 Å². The molecule has 1 amide bonds. The van der Waals surface area contributed by atoms with Crippen molar-refractivity contribution in [1.82, 2.24) is 19.7 Å². The molecule has 4 N–H and O–H groups in total. The summed E-state index contributed by atoms with van der Waals surface area (Å²) in [6.07, 6.45) is -0.557. The highest BCUT2D eigenvalue weighted by molar-refractivity contribution is 6.33. The Morgan fingerprint density at radius 3 is 2.41 bits per heavy atom. The Morgan fingerprint density at radius 2 is 1.91 bits per heavy atom. The molecule has 0 bridgehead atoms. The fourth-order valence-electron chi connectivity index (χ4n) is 2.51. The molecule has 0 saturated heterocycles. The molecule has 0 fully saturated rings. The number of halogens is 4. The summed E-state index contributed by atoms with van der Waals surface area (Å²) in [4.78, 5) is 29.5. The van der Waals surface area contributed by atoms with E-state index in [0.717, 1.165) is 5.69 Å². The third kappa shape index (κ3) is 7.15. The quantitative estimate of drug-likeness (QED) is 0.468. The lowest BCUT2D eigenvalue weighted by Gasteiger charge is -2.14. The van der Waals surface area contributed by atoms with Gasteiger partial charge in [0.25, 0.3) is 5.91 Å². The number of carbonyl (C=O) groups is 2. The third-order valence-electron chi connectivity index (χ3n) is 4.02. The molecule has 0 saturated carbocycles. The number of hydrogen-bond donors (Lipinski definition) is 3. The molecule has 3 aromatic rings. The van der Waals surface area contributed by atoms with Gasteiger partial charge in [-0.15, -0.1) is 0 Å². The minimum atomic E-state index is -5.08. The second-order valence-electron chi connectivity index (χ2n) is 6.61. The van der Waals surface area contributed by atoms with Crippen LogP contribution in [0.1, 0.15) is 16.2 Å². The predicted octanol–water partition coefficient (Wildman–Crippen LogP) is 3.06. The molecular formula is C20H20ClF3N6O4. The number of alkyl halides is 3. The fraction of sp³-hybridized carbons (Fsp3) is 0.250. The number of rotatable bonds is 6. The van der Waals surface area contributed by atoms with Crippen LogP contribution in [0.2, 0.25) is 5.02 Å². The summed E-state index contributed by atoms with van der Waals surface area (Å²) in [5.41, 5.74) is 8.44. The van der Waals surface area contributed by atoms with Crippen LogP contribution in [0.3, 0.4) is 0 Å². The zero-order valence-corrected chi connectivity index (χ0v) is 18.7. The maximum absolute atomic E-state index is 12.4. The highest BCUT2D eigenvalue weighted by Gasteiger charge is 2.38. The molecule has 2 heterocycles. The number of carboxylic acid groups (broad SMARTS) is 1. The molecule has 10 nitrogen and oxygen atoms in total. The van der Waals surface area contributed by atoms with Crippen LogP contribution < -0.4 is 15.8 Å². The Morgan fingerprint density at radius 1 is 1.24 bits per heavy atom. The van der Waals surface area contributed by atoms with E-state index in [2.05, 4.69) is 20.4 Å². The second kappa shape index (κ2) is 11.4. The maximum atomic E-state index is 12.4. The van der Waals surface area contributed by atoms with Crippen molar-refractivity contribution in [3.63, 3.8) is 0 Å². The van der Waals surface area contributed by atoms with Gasteiger partial charge in [0.15, 0.2) is 0 Å². The molecule has 0 aliphatic carbocycles. The molecule has 0 unspecified atom stereocenters. The second-order valence-corrected chi connectivity index (χ2v) is 7.02. The van der Waals surface area contributed by atoms with Gasteiger partial charge < -0.3 is 20.9 Å². The van der Waals surface area contributed by atoms with E-state index >= 15 is 0 Å². The number of nitrogens with zero attached hydrogens (tertiary/aromatic N) is 4. The van der Waals surface area contributed by atoms with E-state index in [1.165, 1.54) is 6.20 Å². The number of amides is 1. The van der Waals surface area contributed by atoms with Crippen LogP contribution in [-0.4, -0.2) is 56.1 Å². The standard InChI is InChI=1S/C18H19ClN6O2.C2HF3O2/c1-11-8-22-15(10-21-11)18(26)24-12-3-4-16(27-6-5-20)13(7-12)17-14(19)9-23-25(17)2;3-2(4,5)1(6)7/h3-4,7-10H,5-6,20H2,1-2H3,(H,24,26);(H,6,7). The van der Waals surface area contributed by atoms with Crippen LogP contribution in [0.5, 0.6) is 5.75 Å². The Labute approximate surface area is 196 Å². The number of aliphatic carboxylic acids is 1. The Hall–Kier alpha value is -3.71. The minimum Gasteiger partial charge on any atom is -0.492 e. The molecule has 0 spiro atoms. The van der Waals surface area contributed by atoms with Crippen LogP contribution in [0.4, 0.5) is 18.9 Å². The van der Waals surface area contributed by atoms with E-state index < -0.39 is 12.1 Å². The summed E-state index contributed by atoms with van der Waals surface area (Å²) < 4.78 is 39.1. The van der Waals surface area contributed by atoms with Gasteiger partial charge in [-0.2, -0.15) is 18.3 Å². The van der Waals surface area contributed by atoms with E-state index in [9.17, 15) is 18.0 Å². The number of nitrogens with one attached hydrogen (secondary N) is 1. The topological polar surface area (TPSA) is 145 Å². The first-order valence-corrected chi connectivity index (χ1v) is 9.86. The lowest BCUT2D eigenvalue weighted by atomic mass is 10.1. The minimum absolute atomic E-state index is 0.226. The molecule has 34 heavy (non-hydrogen) atoms. The predicted molar refractivity (Wildman–Crippen MR) is 117 cm³/mol. The highest BCUT2D eigenvalue weighted by Crippen LogP contribution is 2.36. The van der Waals surface area contributed by atoms with Crippen molar-refractivity contribution in [2.45, 2.75) is 13.1 Å². The number of benzene rings is 1. The van der Waals surface area contributed by atoms with E-state index in [4.69, 9.17) is 32.0 Å². The number of aromatic nitrogens is 4. The van der Waals surface area contributed by atoms with Gasteiger partial charge in [0.1, 0.15) is 18.1 Å². The number of ether oxygens (including phenoxy) is 1. The number of hydrogen-bond acceptors (Lipinski definition) is 7. The summed E-state index contributed by atoms with van der Waals surface area (Å²) in [5.74, 6) is -2.52. The van der Waals surface area contributed by atoms with Crippen molar-refractivity contribution in [2.75, 3.05) is 18.5 Å². The maximum Gasteiger partial charge on any atom is 0.490 e. The monoisotopic (exact) mass is 500 g/mol. The van der Waals surface area contributed by atoms with Crippen molar-refractivity contribution in [3.8, 4) is 17.0 Å². The van der Waals surface area contributed by atoms with Crippen LogP contribution in [0, 0.1) is 6.92 Å². The van der Waals surface area contributed by atoms with Crippen molar-refractivity contribution in [1.29, 1.82) is 0 Å². The van der Waals surface area contributed by atoms with Gasteiger partial charge in [-0.05, 0) is 25.1 Å². The summed E-state index contributed by atoms with van der Waals surface area (Å²) in [6.45, 7) is 2.54. The van der Waals surface area contributed by atoms with E-state index in [0.29, 0.717) is 40.9 Å². The molecule has 0 aliphatic heterocycles. The molecular weight excluding hydrogens is 481 g/mol. The number of anilines is 1. The first-order chi connectivity index (χ1) is 15.9. The first-order valence-electron chi connectivity index (χ1n) is 9.49. The van der Waals surface area contributed by atoms with Crippen LogP contribution in [0.25, 0.3) is 11.3 Å². The highest BCUT2D eigenvalue weighted by atomic mass is 35.5. The van der Waals surface area contributed by atoms with Crippen molar-refractivity contribution in [2.24, 2.45) is 12.8 Å². The van der Waals surface area contributed by atoms with Gasteiger partial charge in [-0.25, -0.2) is 9.78 Å². The summed E-state index contributed by atoms with van der Waals surface area (Å²) in [5, 5.41) is 14.6. The number of carboxylic acids is 1. The zero-order chi connectivity index (χ0) is 25.5. The molecule has 3 rings (SSSR count). The molecule has 0 atom stereocenters. The lowest BCUT2D eigenvalue weighted by Crippen LogP contribution is -2.21. The molecule has 182 valence electrons. The average Bonchev–Trinajstić information content (AvgIpc) is 3.10. The molecule has 0 radical (unpaired) electrons. The van der Waals surface area contributed by atoms with E-state index in [1.807, 2.05) is 0 Å². The first kappa shape index (κ1) is 26.5. The number of carbonyl (C=O) groups excluding carboxylic acids is 1. The zero-order valence-electron chi connectivity index (χ0n) is 17.9. The average molecular weight is 501 g/mol. The molecule has 0 aliphatic rings. The summed E-state index contributed by atoms with van der Waals surface area (Å²) in [7, 11) is 1.78. The smallest absolute Gasteiger partial charge is 0.490 e. The van der Waals surface area contributed by atoms with Crippen LogP contribution in [-0.2, 0) is 11.8 Å². The lowest BCUT2D eigenvalue weighted by molar-refractivity contribution is -0.192. The van der Waals surface area contributed by atoms with Gasteiger partial charge in [-0.1, -0.05) is 11.6 Å². The van der Waals surface area contributed by atoms with Crippen molar-refractivity contribution in [3.05, 3.63) is 53.2 Å². The van der Waals surface area contributed by atoms with Crippen molar-refractivity contribution < 1.29 is 32.6 Å². The normalized spacial score (nSPS) is 10.8. The van der Waals surface area contributed by atoms with Gasteiger partial charge in [0.2, 0.25) is 0 Å². The Balaban J connectivity index is 0.000000509. The molecule has 14 heteroatoms. The van der Waals surface area contributed by atoms with Crippen LogP contribution >= 0.6 is 11.6 Å². The van der Waals surface area contributed by atoms with E-state index in [1.54, 1.807) is 49.2 Å². The Bertz CT molecular complexity index is 1130. The van der Waals surface area contributed by atoms with Crippen molar-refractivity contribution >= 4 is 29.2 Å². The van der Waals surface area contributed by atoms with Gasteiger partial charge in [-0.3, -0.25) is 14.5 Å². The molecule has 1 aromatic carbocycles. The summed E-state index contributed by atoms with van der Waals surface area (Å²) >= 11 is 6.29. The SMILES string of the molecule is Cc1cnc(C(=O)Nc2ccc(OCCN)c(-c3c(Cl)cnn3C)c2)cn1.O=C(O)C(F)(F)F. The van der Waals surface area contributed by atoms with E-state index in [-0.39, 0.29) is 11.6 Å². The number of nitrogens with two attached hydrogens (primary N) is 1. The van der Waals surface area contributed by atoms with Gasteiger partial charge in [0.05, 0.1) is 28.8 Å². The van der Waals surface area contributed by atoms with Gasteiger partial charge >= 0.3 is 12.1 Å². The largest absolute Gasteiger partial charge is 0.492 e. The van der Waals surface area contributed by atoms with Crippen LogP contribution in [0.15, 0.2) is 36.8 Å². The Kier molecular flexibility index (Phi) is 8.92. The fourth-order valence-corrected chi connectivity index (χ4v) is 2.77. The number of aryl methyl sites for hydroxylation is 2. The molecule has 2 aromatic heterocycles.